The summed E-state index contributed by atoms with van der Waals surface area (Å²) < 4.78 is 2.48. The average Bonchev–Trinajstić information content (AvgIpc) is 2.78. The molecule has 0 spiro atoms. The van der Waals surface area contributed by atoms with Gasteiger partial charge in [0.15, 0.2) is 0 Å². The summed E-state index contributed by atoms with van der Waals surface area (Å²) >= 11 is 1.77. The first-order valence-corrected chi connectivity index (χ1v) is 7.24. The first-order chi connectivity index (χ1) is 9.75. The highest BCUT2D eigenvalue weighted by molar-refractivity contribution is 7.17. The van der Waals surface area contributed by atoms with Gasteiger partial charge >= 0.3 is 0 Å². The van der Waals surface area contributed by atoms with Crippen LogP contribution in [0, 0.1) is 0 Å². The van der Waals surface area contributed by atoms with Crippen molar-refractivity contribution in [3.63, 3.8) is 0 Å². The second-order valence-corrected chi connectivity index (χ2v) is 5.68. The molecule has 98 valence electrons. The summed E-state index contributed by atoms with van der Waals surface area (Å²) in [4.78, 5) is 0. The van der Waals surface area contributed by atoms with Gasteiger partial charge in [-0.1, -0.05) is 43.5 Å². The third-order valence-electron chi connectivity index (χ3n) is 3.21. The maximum absolute atomic E-state index is 4.11. The molecule has 0 unspecified atom stereocenters. The van der Waals surface area contributed by atoms with Crippen LogP contribution >= 0.6 is 11.3 Å². The summed E-state index contributed by atoms with van der Waals surface area (Å²) in [5.41, 5.74) is 1.87. The highest BCUT2D eigenvalue weighted by atomic mass is 32.1. The molecular formula is C18H15NS. The molecule has 0 amide bonds. The molecule has 20 heavy (non-hydrogen) atoms. The van der Waals surface area contributed by atoms with Crippen LogP contribution in [0.5, 0.6) is 0 Å². The molecule has 0 saturated heterocycles. The number of benzene rings is 1. The van der Waals surface area contributed by atoms with E-state index in [1.165, 1.54) is 19.8 Å². The molecule has 1 nitrogen and oxygen atoms in total. The smallest absolute Gasteiger partial charge is 0.0375 e. The summed E-state index contributed by atoms with van der Waals surface area (Å²) in [5, 5.41) is 5.68. The minimum Gasteiger partial charge on any atom is -0.367 e. The molecule has 1 aromatic heterocycles. The van der Waals surface area contributed by atoms with Crippen LogP contribution in [0.25, 0.3) is 22.4 Å². The van der Waals surface area contributed by atoms with Crippen molar-refractivity contribution in [2.24, 2.45) is 0 Å². The number of thiophene rings is 1. The molecule has 1 aliphatic heterocycles. The van der Waals surface area contributed by atoms with Crippen molar-refractivity contribution in [3.05, 3.63) is 82.7 Å². The quantitative estimate of drug-likeness (QED) is 0.780. The lowest BCUT2D eigenvalue weighted by Crippen LogP contribution is -2.21. The Hall–Kier alpha value is -2.32. The number of fused-ring (bicyclic) bond motifs is 3. The Morgan fingerprint density at radius 1 is 1.00 bits per heavy atom. The van der Waals surface area contributed by atoms with Gasteiger partial charge in [0.25, 0.3) is 0 Å². The Bertz CT molecular complexity index is 862. The Morgan fingerprint density at radius 3 is 2.75 bits per heavy atom. The van der Waals surface area contributed by atoms with Gasteiger partial charge in [-0.3, -0.25) is 0 Å². The van der Waals surface area contributed by atoms with Crippen LogP contribution in [0.4, 0.5) is 0 Å². The average molecular weight is 277 g/mol. The Kier molecular flexibility index (Phi) is 3.40. The van der Waals surface area contributed by atoms with E-state index in [9.17, 15) is 0 Å². The maximum Gasteiger partial charge on any atom is 0.0375 e. The Morgan fingerprint density at radius 2 is 1.85 bits per heavy atom. The molecule has 2 heterocycles. The van der Waals surface area contributed by atoms with Crippen molar-refractivity contribution in [2.45, 2.75) is 0 Å². The fraction of sp³-hybridized carbons (Fsp3) is 0. The van der Waals surface area contributed by atoms with Crippen LogP contribution in [-0.2, 0) is 0 Å². The van der Waals surface area contributed by atoms with E-state index in [-0.39, 0.29) is 0 Å². The van der Waals surface area contributed by atoms with Crippen LogP contribution in [0.15, 0.2) is 73.0 Å². The molecule has 2 aromatic rings. The molecule has 0 atom stereocenters. The molecule has 0 radical (unpaired) electrons. The minimum atomic E-state index is 0.931. The van der Waals surface area contributed by atoms with Crippen LogP contribution in [0.1, 0.15) is 0 Å². The third-order valence-corrected chi connectivity index (χ3v) is 4.34. The molecule has 0 fully saturated rings. The summed E-state index contributed by atoms with van der Waals surface area (Å²) in [5.74, 6) is 0. The SMILES string of the molecule is C=C1/C=C\C=C/N/C=c2\c(sc3ccccc23)=C/C1=C. The minimum absolute atomic E-state index is 0.931. The molecule has 0 bridgehead atoms. The highest BCUT2D eigenvalue weighted by Gasteiger charge is 2.01. The van der Waals surface area contributed by atoms with E-state index in [4.69, 9.17) is 0 Å². The monoisotopic (exact) mass is 277 g/mol. The van der Waals surface area contributed by atoms with E-state index in [0.29, 0.717) is 0 Å². The van der Waals surface area contributed by atoms with E-state index in [1.807, 2.05) is 30.6 Å². The fourth-order valence-electron chi connectivity index (χ4n) is 2.11. The van der Waals surface area contributed by atoms with E-state index >= 15 is 0 Å². The fourth-order valence-corrected chi connectivity index (χ4v) is 3.26. The zero-order chi connectivity index (χ0) is 13.9. The van der Waals surface area contributed by atoms with Gasteiger partial charge in [0.05, 0.1) is 0 Å². The van der Waals surface area contributed by atoms with Crippen molar-refractivity contribution in [1.29, 1.82) is 0 Å². The largest absolute Gasteiger partial charge is 0.367 e. The van der Waals surface area contributed by atoms with Gasteiger partial charge in [-0.25, -0.2) is 0 Å². The van der Waals surface area contributed by atoms with E-state index < -0.39 is 0 Å². The summed E-state index contributed by atoms with van der Waals surface area (Å²) in [7, 11) is 0. The predicted molar refractivity (Wildman–Crippen MR) is 89.7 cm³/mol. The van der Waals surface area contributed by atoms with Crippen LogP contribution in [0.3, 0.4) is 0 Å². The van der Waals surface area contributed by atoms with Gasteiger partial charge in [-0.15, -0.1) is 11.3 Å². The van der Waals surface area contributed by atoms with Crippen LogP contribution < -0.4 is 15.1 Å². The zero-order valence-corrected chi connectivity index (χ0v) is 11.9. The van der Waals surface area contributed by atoms with Crippen molar-refractivity contribution >= 4 is 33.7 Å². The first kappa shape index (κ1) is 12.7. The number of nitrogens with one attached hydrogen (secondary N) is 1. The third kappa shape index (κ3) is 2.38. The van der Waals surface area contributed by atoms with E-state index in [1.54, 1.807) is 11.3 Å². The highest BCUT2D eigenvalue weighted by Crippen LogP contribution is 2.14. The number of hydrogen-bond acceptors (Lipinski definition) is 2. The van der Waals surface area contributed by atoms with Gasteiger partial charge in [-0.05, 0) is 29.4 Å². The zero-order valence-electron chi connectivity index (χ0n) is 11.1. The van der Waals surface area contributed by atoms with Gasteiger partial charge in [0.1, 0.15) is 0 Å². The van der Waals surface area contributed by atoms with Crippen molar-refractivity contribution in [3.8, 4) is 0 Å². The molecular weight excluding hydrogens is 262 g/mol. The van der Waals surface area contributed by atoms with E-state index in [0.717, 1.165) is 11.1 Å². The van der Waals surface area contributed by atoms with Gasteiger partial charge in [-0.2, -0.15) is 0 Å². The van der Waals surface area contributed by atoms with Crippen molar-refractivity contribution in [2.75, 3.05) is 0 Å². The molecule has 2 heteroatoms. The maximum atomic E-state index is 4.11. The normalized spacial score (nSPS) is 21.6. The summed E-state index contributed by atoms with van der Waals surface area (Å²) in [6.07, 6.45) is 11.9. The molecule has 1 aromatic carbocycles. The molecule has 1 N–H and O–H groups in total. The van der Waals surface area contributed by atoms with Crippen LogP contribution in [-0.4, -0.2) is 0 Å². The molecule has 0 saturated carbocycles. The predicted octanol–water partition coefficient (Wildman–Crippen LogP) is 3.21. The second-order valence-electron chi connectivity index (χ2n) is 4.60. The number of allylic oxidation sites excluding steroid dienone is 5. The van der Waals surface area contributed by atoms with Crippen LogP contribution in [0.2, 0.25) is 0 Å². The second kappa shape index (κ2) is 5.35. The Balaban J connectivity index is 2.34. The van der Waals surface area contributed by atoms with Gasteiger partial charge in [0.2, 0.25) is 0 Å². The lowest BCUT2D eigenvalue weighted by molar-refractivity contribution is 1.28. The summed E-state index contributed by atoms with van der Waals surface area (Å²) in [6.45, 7) is 8.16. The Labute approximate surface area is 122 Å². The van der Waals surface area contributed by atoms with E-state index in [2.05, 4.69) is 48.8 Å². The number of hydrogen-bond donors (Lipinski definition) is 1. The molecule has 0 aliphatic carbocycles. The van der Waals surface area contributed by atoms with Gasteiger partial charge < -0.3 is 5.32 Å². The topological polar surface area (TPSA) is 12.0 Å². The van der Waals surface area contributed by atoms with Gasteiger partial charge in [0, 0.05) is 32.2 Å². The number of rotatable bonds is 0. The standard InChI is InChI=1S/C18H15NS/c1-13-7-5-6-10-19-12-16-15-8-3-4-9-17(15)20-18(16)11-14(13)2/h3-12,19H,1-2H2/b7-5-,10-6-,16-12-,18-11+. The lowest BCUT2D eigenvalue weighted by Gasteiger charge is -1.96. The summed E-state index contributed by atoms with van der Waals surface area (Å²) in [6, 6.07) is 8.43. The first-order valence-electron chi connectivity index (χ1n) is 6.42. The van der Waals surface area contributed by atoms with Crippen molar-refractivity contribution in [1.82, 2.24) is 5.32 Å². The molecule has 3 rings (SSSR count). The molecule has 1 aliphatic rings. The van der Waals surface area contributed by atoms with Crippen molar-refractivity contribution < 1.29 is 0 Å². The lowest BCUT2D eigenvalue weighted by atomic mass is 10.1.